The summed E-state index contributed by atoms with van der Waals surface area (Å²) in [5.41, 5.74) is 3.83. The standard InChI is InChI=1S/C26H29FN2O3/c1-2-14-28(25(30)13-8-18-6-4-3-5-7-18)20-10-12-24-22(16-20)21-15-19(27)9-11-23(21)29(24)17-26(31)32/h3-7,9,11,15,20H,2,8,10,12-14,16-17H2,1H3,(H,31,32). The molecule has 2 aromatic carbocycles. The number of halogens is 1. The van der Waals surface area contributed by atoms with Crippen molar-refractivity contribution >= 4 is 22.8 Å². The normalized spacial score (nSPS) is 15.5. The van der Waals surface area contributed by atoms with E-state index in [2.05, 4.69) is 6.92 Å². The SMILES string of the molecule is CCCN(C(=O)CCc1ccccc1)C1CCc2c(c3cc(F)ccc3n2CC(=O)O)C1. The van der Waals surface area contributed by atoms with Gasteiger partial charge in [0, 0.05) is 35.6 Å². The van der Waals surface area contributed by atoms with Crippen molar-refractivity contribution < 1.29 is 19.1 Å². The molecular formula is C26H29FN2O3. The average Bonchev–Trinajstić information content (AvgIpc) is 3.08. The van der Waals surface area contributed by atoms with Crippen LogP contribution in [0.3, 0.4) is 0 Å². The van der Waals surface area contributed by atoms with E-state index >= 15 is 0 Å². The first-order chi connectivity index (χ1) is 15.5. The number of carbonyl (C=O) groups is 2. The molecular weight excluding hydrogens is 407 g/mol. The summed E-state index contributed by atoms with van der Waals surface area (Å²) in [5, 5.41) is 10.2. The average molecular weight is 437 g/mol. The maximum Gasteiger partial charge on any atom is 0.323 e. The predicted octanol–water partition coefficient (Wildman–Crippen LogP) is 4.59. The Bertz CT molecular complexity index is 1120. The van der Waals surface area contributed by atoms with Gasteiger partial charge in [0.15, 0.2) is 0 Å². The van der Waals surface area contributed by atoms with Gasteiger partial charge in [-0.15, -0.1) is 0 Å². The second-order valence-electron chi connectivity index (χ2n) is 8.54. The zero-order valence-electron chi connectivity index (χ0n) is 18.4. The van der Waals surface area contributed by atoms with Gasteiger partial charge in [-0.25, -0.2) is 4.39 Å². The lowest BCUT2D eigenvalue weighted by Gasteiger charge is -2.35. The molecule has 5 nitrogen and oxygen atoms in total. The fourth-order valence-electron chi connectivity index (χ4n) is 4.98. The number of aryl methyl sites for hydroxylation is 1. The number of fused-ring (bicyclic) bond motifs is 3. The zero-order chi connectivity index (χ0) is 22.7. The highest BCUT2D eigenvalue weighted by Gasteiger charge is 2.31. The molecule has 0 bridgehead atoms. The smallest absolute Gasteiger partial charge is 0.323 e. The van der Waals surface area contributed by atoms with E-state index in [0.717, 1.165) is 40.6 Å². The fraction of sp³-hybridized carbons (Fsp3) is 0.385. The number of hydrogen-bond acceptors (Lipinski definition) is 2. The van der Waals surface area contributed by atoms with Crippen molar-refractivity contribution in [1.82, 2.24) is 9.47 Å². The lowest BCUT2D eigenvalue weighted by molar-refractivity contribution is -0.137. The number of carboxylic acid groups (broad SMARTS) is 1. The Balaban J connectivity index is 1.59. The van der Waals surface area contributed by atoms with Crippen LogP contribution >= 0.6 is 0 Å². The molecule has 6 heteroatoms. The second kappa shape index (κ2) is 9.55. The third-order valence-corrected chi connectivity index (χ3v) is 6.39. The Morgan fingerprint density at radius 3 is 2.69 bits per heavy atom. The van der Waals surface area contributed by atoms with E-state index in [0.29, 0.717) is 32.2 Å². The number of hydrogen-bond donors (Lipinski definition) is 1. The summed E-state index contributed by atoms with van der Waals surface area (Å²) in [4.78, 5) is 26.6. The molecule has 1 aliphatic carbocycles. The van der Waals surface area contributed by atoms with Gasteiger partial charge in [0.2, 0.25) is 5.91 Å². The number of benzene rings is 2. The molecule has 32 heavy (non-hydrogen) atoms. The van der Waals surface area contributed by atoms with Crippen molar-refractivity contribution in [3.8, 4) is 0 Å². The van der Waals surface area contributed by atoms with Crippen LogP contribution in [0.25, 0.3) is 10.9 Å². The third kappa shape index (κ3) is 4.54. The highest BCUT2D eigenvalue weighted by atomic mass is 19.1. The number of carbonyl (C=O) groups excluding carboxylic acids is 1. The summed E-state index contributed by atoms with van der Waals surface area (Å²) in [6.07, 6.45) is 4.12. The van der Waals surface area contributed by atoms with E-state index < -0.39 is 5.97 Å². The predicted molar refractivity (Wildman–Crippen MR) is 122 cm³/mol. The summed E-state index contributed by atoms with van der Waals surface area (Å²) in [6.45, 7) is 2.62. The van der Waals surface area contributed by atoms with Crippen LogP contribution in [0.5, 0.6) is 0 Å². The van der Waals surface area contributed by atoms with Crippen molar-refractivity contribution in [2.24, 2.45) is 0 Å². The van der Waals surface area contributed by atoms with Crippen LogP contribution < -0.4 is 0 Å². The molecule has 1 aromatic heterocycles. The lowest BCUT2D eigenvalue weighted by atomic mass is 9.89. The minimum atomic E-state index is -0.917. The molecule has 1 aliphatic rings. The molecule has 0 fully saturated rings. The van der Waals surface area contributed by atoms with Crippen LogP contribution in [-0.2, 0) is 35.4 Å². The van der Waals surface area contributed by atoms with E-state index in [9.17, 15) is 19.1 Å². The van der Waals surface area contributed by atoms with E-state index in [4.69, 9.17) is 0 Å². The first-order valence-electron chi connectivity index (χ1n) is 11.3. The number of aliphatic carboxylic acids is 1. The van der Waals surface area contributed by atoms with E-state index in [1.807, 2.05) is 35.2 Å². The Morgan fingerprint density at radius 1 is 1.19 bits per heavy atom. The first-order valence-corrected chi connectivity index (χ1v) is 11.3. The summed E-state index contributed by atoms with van der Waals surface area (Å²) < 4.78 is 15.9. The molecule has 0 saturated heterocycles. The van der Waals surface area contributed by atoms with Crippen molar-refractivity contribution in [3.05, 3.63) is 71.2 Å². The molecule has 1 unspecified atom stereocenters. The molecule has 1 N–H and O–H groups in total. The number of amides is 1. The van der Waals surface area contributed by atoms with Gasteiger partial charge in [-0.1, -0.05) is 37.3 Å². The Hall–Kier alpha value is -3.15. The van der Waals surface area contributed by atoms with Gasteiger partial charge < -0.3 is 14.6 Å². The Labute approximate surface area is 187 Å². The number of carboxylic acids is 1. The molecule has 0 radical (unpaired) electrons. The van der Waals surface area contributed by atoms with Gasteiger partial charge in [0.05, 0.1) is 0 Å². The van der Waals surface area contributed by atoms with E-state index in [-0.39, 0.29) is 24.3 Å². The molecule has 0 aliphatic heterocycles. The van der Waals surface area contributed by atoms with E-state index in [1.54, 1.807) is 10.6 Å². The maximum atomic E-state index is 14.1. The molecule has 0 saturated carbocycles. The molecule has 1 amide bonds. The minimum absolute atomic E-state index is 0.0397. The van der Waals surface area contributed by atoms with Gasteiger partial charge in [-0.2, -0.15) is 0 Å². The third-order valence-electron chi connectivity index (χ3n) is 6.39. The lowest BCUT2D eigenvalue weighted by Crippen LogP contribution is -2.44. The summed E-state index contributed by atoms with van der Waals surface area (Å²) in [5.74, 6) is -1.11. The molecule has 3 aromatic rings. The summed E-state index contributed by atoms with van der Waals surface area (Å²) >= 11 is 0. The second-order valence-corrected chi connectivity index (χ2v) is 8.54. The summed E-state index contributed by atoms with van der Waals surface area (Å²) in [6, 6.07) is 14.6. The van der Waals surface area contributed by atoms with Crippen molar-refractivity contribution in [2.75, 3.05) is 6.54 Å². The van der Waals surface area contributed by atoms with Crippen molar-refractivity contribution in [1.29, 1.82) is 0 Å². The number of aromatic nitrogens is 1. The topological polar surface area (TPSA) is 62.5 Å². The maximum absolute atomic E-state index is 14.1. The van der Waals surface area contributed by atoms with Crippen molar-refractivity contribution in [2.45, 2.75) is 58.0 Å². The largest absolute Gasteiger partial charge is 0.480 e. The minimum Gasteiger partial charge on any atom is -0.480 e. The molecule has 1 atom stereocenters. The van der Waals surface area contributed by atoms with Gasteiger partial charge in [-0.05, 0) is 61.4 Å². The van der Waals surface area contributed by atoms with Crippen LogP contribution in [-0.4, -0.2) is 39.0 Å². The summed E-state index contributed by atoms with van der Waals surface area (Å²) in [7, 11) is 0. The van der Waals surface area contributed by atoms with Crippen LogP contribution in [0.4, 0.5) is 4.39 Å². The van der Waals surface area contributed by atoms with Crippen LogP contribution in [0, 0.1) is 5.82 Å². The highest BCUT2D eigenvalue weighted by molar-refractivity contribution is 5.87. The highest BCUT2D eigenvalue weighted by Crippen LogP contribution is 2.34. The molecule has 168 valence electrons. The quantitative estimate of drug-likeness (QED) is 0.562. The molecule has 4 rings (SSSR count). The monoisotopic (exact) mass is 436 g/mol. The Morgan fingerprint density at radius 2 is 1.97 bits per heavy atom. The molecule has 0 spiro atoms. The number of nitrogens with zero attached hydrogens (tertiary/aromatic N) is 2. The van der Waals surface area contributed by atoms with Crippen LogP contribution in [0.2, 0.25) is 0 Å². The molecule has 1 heterocycles. The van der Waals surface area contributed by atoms with Gasteiger partial charge in [0.1, 0.15) is 12.4 Å². The van der Waals surface area contributed by atoms with Gasteiger partial charge in [0.25, 0.3) is 0 Å². The zero-order valence-corrected chi connectivity index (χ0v) is 18.4. The first kappa shape index (κ1) is 22.1. The van der Waals surface area contributed by atoms with Crippen LogP contribution in [0.1, 0.15) is 43.0 Å². The Kier molecular flexibility index (Phi) is 6.58. The number of rotatable bonds is 8. The van der Waals surface area contributed by atoms with E-state index in [1.165, 1.54) is 12.1 Å². The van der Waals surface area contributed by atoms with Gasteiger partial charge >= 0.3 is 5.97 Å². The van der Waals surface area contributed by atoms with Crippen LogP contribution in [0.15, 0.2) is 48.5 Å². The van der Waals surface area contributed by atoms with Gasteiger partial charge in [-0.3, -0.25) is 9.59 Å². The fourth-order valence-corrected chi connectivity index (χ4v) is 4.98. The van der Waals surface area contributed by atoms with Crippen molar-refractivity contribution in [3.63, 3.8) is 0 Å².